The van der Waals surface area contributed by atoms with Crippen molar-refractivity contribution >= 4 is 34.9 Å². The first-order chi connectivity index (χ1) is 14.0. The lowest BCUT2D eigenvalue weighted by Crippen LogP contribution is -2.17. The fourth-order valence-corrected chi connectivity index (χ4v) is 3.15. The van der Waals surface area contributed by atoms with Crippen molar-refractivity contribution in [3.63, 3.8) is 0 Å². The van der Waals surface area contributed by atoms with Crippen LogP contribution in [0.2, 0.25) is 10.0 Å². The molecule has 30 heavy (non-hydrogen) atoms. The van der Waals surface area contributed by atoms with Gasteiger partial charge in [0.05, 0.1) is 23.8 Å². The zero-order chi connectivity index (χ0) is 22.1. The summed E-state index contributed by atoms with van der Waals surface area (Å²) in [4.78, 5) is 12.2. The van der Waals surface area contributed by atoms with E-state index in [1.165, 1.54) is 29.9 Å². The number of nitrogens with zero attached hydrogens (tertiary/aromatic N) is 4. The van der Waals surface area contributed by atoms with Crippen molar-refractivity contribution < 1.29 is 22.4 Å². The Labute approximate surface area is 178 Å². The van der Waals surface area contributed by atoms with Gasteiger partial charge in [-0.25, -0.2) is 4.39 Å². The van der Waals surface area contributed by atoms with E-state index in [2.05, 4.69) is 15.5 Å². The van der Waals surface area contributed by atoms with Gasteiger partial charge in [0.2, 0.25) is 5.91 Å². The zero-order valence-electron chi connectivity index (χ0n) is 15.5. The fraction of sp³-hybridized carbons (Fsp3) is 0.278. The van der Waals surface area contributed by atoms with Gasteiger partial charge in [0, 0.05) is 12.6 Å². The van der Waals surface area contributed by atoms with Gasteiger partial charge in [-0.15, -0.1) is 0 Å². The maximum absolute atomic E-state index is 13.3. The van der Waals surface area contributed by atoms with E-state index in [0.717, 1.165) is 4.68 Å². The number of amides is 1. The highest BCUT2D eigenvalue weighted by molar-refractivity contribution is 6.33. The van der Waals surface area contributed by atoms with E-state index in [0.29, 0.717) is 5.56 Å². The topological polar surface area (TPSA) is 64.7 Å². The molecule has 2 heterocycles. The molecule has 0 aliphatic carbocycles. The summed E-state index contributed by atoms with van der Waals surface area (Å²) >= 11 is 11.8. The van der Waals surface area contributed by atoms with Crippen LogP contribution in [0.25, 0.3) is 0 Å². The summed E-state index contributed by atoms with van der Waals surface area (Å²) in [5.41, 5.74) is -0.436. The number of hydrogen-bond donors (Lipinski definition) is 1. The molecule has 0 radical (unpaired) electrons. The Bertz CT molecular complexity index is 1080. The van der Waals surface area contributed by atoms with Crippen molar-refractivity contribution in [1.82, 2.24) is 19.6 Å². The average molecular weight is 464 g/mol. The molecule has 0 aliphatic rings. The minimum Gasteiger partial charge on any atom is -0.308 e. The molecule has 0 saturated heterocycles. The molecular formula is C18H15Cl2F4N5O. The Hall–Kier alpha value is -2.59. The number of alkyl halides is 3. The molecule has 12 heteroatoms. The van der Waals surface area contributed by atoms with Crippen molar-refractivity contribution in [2.75, 3.05) is 5.32 Å². The van der Waals surface area contributed by atoms with Gasteiger partial charge in [-0.2, -0.15) is 23.4 Å². The number of carbonyl (C=O) groups excluding carboxylic acids is 1. The van der Waals surface area contributed by atoms with E-state index < -0.39 is 22.8 Å². The second-order valence-electron chi connectivity index (χ2n) is 6.42. The number of benzene rings is 1. The third kappa shape index (κ3) is 5.11. The first-order valence-electron chi connectivity index (χ1n) is 8.62. The van der Waals surface area contributed by atoms with E-state index in [1.807, 2.05) is 0 Å². The molecule has 1 amide bonds. The van der Waals surface area contributed by atoms with Gasteiger partial charge < -0.3 is 5.32 Å². The molecule has 0 bridgehead atoms. The van der Waals surface area contributed by atoms with Crippen LogP contribution in [0.15, 0.2) is 30.5 Å². The molecule has 3 aromatic rings. The Morgan fingerprint density at radius 1 is 1.23 bits per heavy atom. The molecule has 0 spiro atoms. The van der Waals surface area contributed by atoms with Crippen molar-refractivity contribution in [1.29, 1.82) is 0 Å². The van der Waals surface area contributed by atoms with E-state index in [-0.39, 0.29) is 41.9 Å². The third-order valence-electron chi connectivity index (χ3n) is 4.16. The molecule has 1 aromatic carbocycles. The quantitative estimate of drug-likeness (QED) is 0.527. The normalized spacial score (nSPS) is 11.7. The number of hydrogen-bond acceptors (Lipinski definition) is 3. The summed E-state index contributed by atoms with van der Waals surface area (Å²) < 4.78 is 54.3. The highest BCUT2D eigenvalue weighted by Crippen LogP contribution is 2.35. The first kappa shape index (κ1) is 22.1. The molecule has 0 fully saturated rings. The number of halogens is 6. The lowest BCUT2D eigenvalue weighted by Gasteiger charge is -2.05. The highest BCUT2D eigenvalue weighted by Gasteiger charge is 2.38. The first-order valence-corrected chi connectivity index (χ1v) is 9.37. The summed E-state index contributed by atoms with van der Waals surface area (Å²) in [6.07, 6.45) is -3.39. The molecule has 160 valence electrons. The molecule has 0 aliphatic heterocycles. The molecule has 0 unspecified atom stereocenters. The number of aromatic nitrogens is 4. The maximum atomic E-state index is 13.3. The van der Waals surface area contributed by atoms with Crippen molar-refractivity contribution in [3.05, 3.63) is 63.3 Å². The molecule has 2 aromatic heterocycles. The van der Waals surface area contributed by atoms with Crippen molar-refractivity contribution in [2.24, 2.45) is 0 Å². The summed E-state index contributed by atoms with van der Waals surface area (Å²) in [7, 11) is 0. The van der Waals surface area contributed by atoms with Crippen LogP contribution in [0, 0.1) is 12.7 Å². The summed E-state index contributed by atoms with van der Waals surface area (Å²) in [5, 5.41) is 9.74. The number of anilines is 1. The second-order valence-corrected chi connectivity index (χ2v) is 7.21. The van der Waals surface area contributed by atoms with E-state index in [1.54, 1.807) is 12.1 Å². The summed E-state index contributed by atoms with van der Waals surface area (Å²) in [6, 6.07) is 5.94. The van der Waals surface area contributed by atoms with Crippen LogP contribution < -0.4 is 5.32 Å². The average Bonchev–Trinajstić information content (AvgIpc) is 3.13. The van der Waals surface area contributed by atoms with Crippen LogP contribution in [0.5, 0.6) is 0 Å². The predicted molar refractivity (Wildman–Crippen MR) is 103 cm³/mol. The van der Waals surface area contributed by atoms with Crippen LogP contribution >= 0.6 is 23.2 Å². The van der Waals surface area contributed by atoms with Gasteiger partial charge in [-0.1, -0.05) is 35.3 Å². The molecule has 0 atom stereocenters. The number of carbonyl (C=O) groups is 1. The van der Waals surface area contributed by atoms with E-state index >= 15 is 0 Å². The summed E-state index contributed by atoms with van der Waals surface area (Å²) in [5.74, 6) is -0.821. The molecule has 0 saturated carbocycles. The van der Waals surface area contributed by atoms with Crippen LogP contribution in [-0.4, -0.2) is 25.5 Å². The lowest BCUT2D eigenvalue weighted by molar-refractivity contribution is -0.141. The Morgan fingerprint density at radius 2 is 1.97 bits per heavy atom. The Kier molecular flexibility index (Phi) is 6.37. The number of aryl methyl sites for hydroxylation is 1. The monoisotopic (exact) mass is 463 g/mol. The second kappa shape index (κ2) is 8.65. The minimum absolute atomic E-state index is 0.0873. The molecular weight excluding hydrogens is 449 g/mol. The fourth-order valence-electron chi connectivity index (χ4n) is 2.71. The van der Waals surface area contributed by atoms with Gasteiger partial charge in [-0.05, 0) is 24.6 Å². The largest absolute Gasteiger partial charge is 0.436 e. The molecule has 1 N–H and O–H groups in total. The Balaban J connectivity index is 1.63. The molecule has 3 rings (SSSR count). The lowest BCUT2D eigenvalue weighted by atomic mass is 10.2. The molecule has 6 nitrogen and oxygen atoms in total. The predicted octanol–water partition coefficient (Wildman–Crippen LogP) is 4.93. The maximum Gasteiger partial charge on any atom is 0.436 e. The van der Waals surface area contributed by atoms with Gasteiger partial charge in [0.15, 0.2) is 11.5 Å². The van der Waals surface area contributed by atoms with Crippen molar-refractivity contribution in [3.8, 4) is 0 Å². The number of nitrogens with one attached hydrogen (secondary N) is 1. The smallest absolute Gasteiger partial charge is 0.308 e. The van der Waals surface area contributed by atoms with Gasteiger partial charge in [-0.3, -0.25) is 14.2 Å². The highest BCUT2D eigenvalue weighted by atomic mass is 35.5. The summed E-state index contributed by atoms with van der Waals surface area (Å²) in [6.45, 7) is 1.50. The standard InChI is InChI=1S/C18H15Cl2F4N5O/c1-10-15(20)16(18(22,23)24)26-29(10)6-5-14(30)25-17-13(19)9-28(27-17)8-11-3-2-4-12(21)7-11/h2-4,7,9H,5-6,8H2,1H3,(H,25,27,30). The minimum atomic E-state index is -4.68. The van der Waals surface area contributed by atoms with Gasteiger partial charge in [0.1, 0.15) is 10.8 Å². The Morgan fingerprint density at radius 3 is 2.60 bits per heavy atom. The van der Waals surface area contributed by atoms with Crippen LogP contribution in [0.3, 0.4) is 0 Å². The zero-order valence-corrected chi connectivity index (χ0v) is 17.0. The third-order valence-corrected chi connectivity index (χ3v) is 4.89. The van der Waals surface area contributed by atoms with Crippen LogP contribution in [-0.2, 0) is 24.1 Å². The SMILES string of the molecule is Cc1c(Cl)c(C(F)(F)F)nn1CCC(=O)Nc1nn(Cc2cccc(F)c2)cc1Cl. The van der Waals surface area contributed by atoms with Gasteiger partial charge >= 0.3 is 6.18 Å². The van der Waals surface area contributed by atoms with Gasteiger partial charge in [0.25, 0.3) is 0 Å². The van der Waals surface area contributed by atoms with Crippen LogP contribution in [0.1, 0.15) is 23.4 Å². The van der Waals surface area contributed by atoms with Crippen molar-refractivity contribution in [2.45, 2.75) is 32.6 Å². The van der Waals surface area contributed by atoms with E-state index in [4.69, 9.17) is 23.2 Å². The van der Waals surface area contributed by atoms with E-state index in [9.17, 15) is 22.4 Å². The van der Waals surface area contributed by atoms with Crippen LogP contribution in [0.4, 0.5) is 23.4 Å². The number of rotatable bonds is 6.